The SMILES string of the molecule is Cn1ncc2c(=O)n(CCC(=O)Nc3nnc(SCc4ccc(F)cc4)s3)cnc21. The molecule has 9 nitrogen and oxygen atoms in total. The summed E-state index contributed by atoms with van der Waals surface area (Å²) in [5.41, 5.74) is 1.23. The summed E-state index contributed by atoms with van der Waals surface area (Å²) in [5.74, 6) is 0.0674. The number of carbonyl (C=O) groups excluding carboxylic acids is 1. The lowest BCUT2D eigenvalue weighted by molar-refractivity contribution is -0.116. The van der Waals surface area contributed by atoms with E-state index >= 15 is 0 Å². The molecule has 0 fully saturated rings. The predicted molar refractivity (Wildman–Crippen MR) is 112 cm³/mol. The molecule has 0 bridgehead atoms. The number of thioether (sulfide) groups is 1. The van der Waals surface area contributed by atoms with Crippen molar-refractivity contribution < 1.29 is 9.18 Å². The van der Waals surface area contributed by atoms with Crippen LogP contribution in [-0.2, 0) is 24.1 Å². The van der Waals surface area contributed by atoms with E-state index in [0.29, 0.717) is 26.3 Å². The first-order valence-corrected chi connectivity index (χ1v) is 10.7. The van der Waals surface area contributed by atoms with Crippen molar-refractivity contribution in [3.05, 3.63) is 58.5 Å². The largest absolute Gasteiger partial charge is 0.300 e. The quantitative estimate of drug-likeness (QED) is 0.344. The van der Waals surface area contributed by atoms with Gasteiger partial charge in [-0.25, -0.2) is 9.37 Å². The fourth-order valence-corrected chi connectivity index (χ4v) is 4.40. The van der Waals surface area contributed by atoms with Gasteiger partial charge in [-0.3, -0.25) is 18.8 Å². The Morgan fingerprint density at radius 2 is 2.07 bits per heavy atom. The Bertz CT molecular complexity index is 1250. The van der Waals surface area contributed by atoms with E-state index < -0.39 is 0 Å². The van der Waals surface area contributed by atoms with Crippen molar-refractivity contribution in [1.82, 2.24) is 29.5 Å². The maximum Gasteiger partial charge on any atom is 0.264 e. The Kier molecular flexibility index (Phi) is 5.86. The molecular formula is C18H16FN7O2S2. The van der Waals surface area contributed by atoms with Gasteiger partial charge < -0.3 is 5.32 Å². The van der Waals surface area contributed by atoms with Gasteiger partial charge in [-0.05, 0) is 17.7 Å². The third-order valence-corrected chi connectivity index (χ3v) is 6.27. The van der Waals surface area contributed by atoms with Crippen LogP contribution < -0.4 is 10.9 Å². The molecule has 1 N–H and O–H groups in total. The number of hydrogen-bond acceptors (Lipinski definition) is 8. The zero-order valence-electron chi connectivity index (χ0n) is 15.8. The molecule has 30 heavy (non-hydrogen) atoms. The first-order valence-electron chi connectivity index (χ1n) is 8.87. The molecule has 0 spiro atoms. The zero-order valence-corrected chi connectivity index (χ0v) is 17.4. The highest BCUT2D eigenvalue weighted by atomic mass is 32.2. The standard InChI is InChI=1S/C18H16FN7O2S2/c1-25-15-13(8-21-25)16(28)26(10-20-15)7-6-14(27)22-17-23-24-18(30-17)29-9-11-2-4-12(19)5-3-11/h2-5,8,10H,6-7,9H2,1H3,(H,22,23,27). The monoisotopic (exact) mass is 445 g/mol. The summed E-state index contributed by atoms with van der Waals surface area (Å²) in [6.07, 6.45) is 2.97. The van der Waals surface area contributed by atoms with Crippen molar-refractivity contribution in [2.45, 2.75) is 23.1 Å². The third-order valence-electron chi connectivity index (χ3n) is 4.23. The smallest absolute Gasteiger partial charge is 0.264 e. The van der Waals surface area contributed by atoms with Gasteiger partial charge in [-0.15, -0.1) is 10.2 Å². The van der Waals surface area contributed by atoms with Crippen LogP contribution in [0.3, 0.4) is 0 Å². The number of amides is 1. The van der Waals surface area contributed by atoms with E-state index in [0.717, 1.165) is 5.56 Å². The highest BCUT2D eigenvalue weighted by molar-refractivity contribution is 8.00. The number of nitrogens with zero attached hydrogens (tertiary/aromatic N) is 6. The highest BCUT2D eigenvalue weighted by Crippen LogP contribution is 2.28. The Labute approximate surface area is 178 Å². The van der Waals surface area contributed by atoms with Crippen molar-refractivity contribution in [1.29, 1.82) is 0 Å². The van der Waals surface area contributed by atoms with E-state index in [1.165, 1.54) is 57.0 Å². The summed E-state index contributed by atoms with van der Waals surface area (Å²) in [6.45, 7) is 0.188. The van der Waals surface area contributed by atoms with Gasteiger partial charge in [-0.1, -0.05) is 35.2 Å². The maximum atomic E-state index is 12.9. The van der Waals surface area contributed by atoms with E-state index in [2.05, 4.69) is 25.6 Å². The molecule has 4 rings (SSSR count). The highest BCUT2D eigenvalue weighted by Gasteiger charge is 2.12. The minimum Gasteiger partial charge on any atom is -0.300 e. The molecule has 154 valence electrons. The number of carbonyl (C=O) groups is 1. The molecule has 3 aromatic heterocycles. The van der Waals surface area contributed by atoms with Crippen LogP contribution in [-0.4, -0.2) is 35.4 Å². The van der Waals surface area contributed by atoms with Crippen molar-refractivity contribution in [2.24, 2.45) is 7.05 Å². The minimum atomic E-state index is -0.278. The first kappa shape index (κ1) is 20.2. The lowest BCUT2D eigenvalue weighted by Crippen LogP contribution is -2.23. The topological polar surface area (TPSA) is 108 Å². The molecule has 4 aromatic rings. The number of anilines is 1. The summed E-state index contributed by atoms with van der Waals surface area (Å²) < 4.78 is 16.5. The summed E-state index contributed by atoms with van der Waals surface area (Å²) >= 11 is 2.71. The van der Waals surface area contributed by atoms with Crippen LogP contribution in [0.2, 0.25) is 0 Å². The van der Waals surface area contributed by atoms with Crippen LogP contribution in [0.25, 0.3) is 11.0 Å². The molecule has 0 aliphatic heterocycles. The second kappa shape index (κ2) is 8.71. The molecule has 1 aromatic carbocycles. The number of rotatable bonds is 7. The molecule has 12 heteroatoms. The molecule has 0 unspecified atom stereocenters. The number of hydrogen-bond donors (Lipinski definition) is 1. The Hall–Kier alpha value is -3.12. The number of aromatic nitrogens is 6. The van der Waals surface area contributed by atoms with Gasteiger partial charge in [0.05, 0.1) is 12.5 Å². The molecular weight excluding hydrogens is 429 g/mol. The van der Waals surface area contributed by atoms with Crippen LogP contribution >= 0.6 is 23.1 Å². The van der Waals surface area contributed by atoms with Gasteiger partial charge in [0.25, 0.3) is 5.56 Å². The molecule has 0 atom stereocenters. The summed E-state index contributed by atoms with van der Waals surface area (Å²) in [6, 6.07) is 6.25. The van der Waals surface area contributed by atoms with Gasteiger partial charge in [0.2, 0.25) is 11.0 Å². The summed E-state index contributed by atoms with van der Waals surface area (Å²) in [7, 11) is 1.71. The maximum absolute atomic E-state index is 12.9. The van der Waals surface area contributed by atoms with Crippen LogP contribution in [0.4, 0.5) is 9.52 Å². The van der Waals surface area contributed by atoms with Gasteiger partial charge in [0.15, 0.2) is 9.99 Å². The van der Waals surface area contributed by atoms with Crippen LogP contribution in [0.15, 0.2) is 45.9 Å². The van der Waals surface area contributed by atoms with Crippen molar-refractivity contribution in [3.63, 3.8) is 0 Å². The number of halogens is 1. The molecule has 0 aliphatic carbocycles. The second-order valence-electron chi connectivity index (χ2n) is 6.34. The average molecular weight is 446 g/mol. The Morgan fingerprint density at radius 1 is 1.27 bits per heavy atom. The third kappa shape index (κ3) is 4.54. The van der Waals surface area contributed by atoms with Crippen molar-refractivity contribution in [2.75, 3.05) is 5.32 Å². The predicted octanol–water partition coefficient (Wildman–Crippen LogP) is 2.44. The fraction of sp³-hybridized carbons (Fsp3) is 0.222. The van der Waals surface area contributed by atoms with E-state index in [1.54, 1.807) is 19.2 Å². The van der Waals surface area contributed by atoms with E-state index in [4.69, 9.17) is 0 Å². The van der Waals surface area contributed by atoms with Gasteiger partial charge in [-0.2, -0.15) is 5.10 Å². The molecule has 1 amide bonds. The number of aryl methyl sites for hydroxylation is 2. The summed E-state index contributed by atoms with van der Waals surface area (Å²) in [4.78, 5) is 28.8. The minimum absolute atomic E-state index is 0.0883. The first-order chi connectivity index (χ1) is 14.5. The van der Waals surface area contributed by atoms with Crippen LogP contribution in [0.1, 0.15) is 12.0 Å². The Balaban J connectivity index is 1.31. The number of benzene rings is 1. The number of nitrogens with one attached hydrogen (secondary N) is 1. The van der Waals surface area contributed by atoms with Crippen molar-refractivity contribution >= 4 is 45.2 Å². The van der Waals surface area contributed by atoms with E-state index in [9.17, 15) is 14.0 Å². The van der Waals surface area contributed by atoms with E-state index in [-0.39, 0.29) is 30.2 Å². The fourth-order valence-electron chi connectivity index (χ4n) is 2.67. The van der Waals surface area contributed by atoms with Gasteiger partial charge in [0.1, 0.15) is 11.2 Å². The Morgan fingerprint density at radius 3 is 2.87 bits per heavy atom. The van der Waals surface area contributed by atoms with E-state index in [1.807, 2.05) is 0 Å². The van der Waals surface area contributed by atoms with Crippen LogP contribution in [0, 0.1) is 5.82 Å². The summed E-state index contributed by atoms with van der Waals surface area (Å²) in [5, 5.41) is 15.5. The van der Waals surface area contributed by atoms with Gasteiger partial charge in [0, 0.05) is 25.8 Å². The molecule has 0 saturated heterocycles. The zero-order chi connectivity index (χ0) is 21.1. The van der Waals surface area contributed by atoms with Crippen molar-refractivity contribution in [3.8, 4) is 0 Å². The second-order valence-corrected chi connectivity index (χ2v) is 8.54. The average Bonchev–Trinajstić information content (AvgIpc) is 3.34. The van der Waals surface area contributed by atoms with Crippen LogP contribution in [0.5, 0.6) is 0 Å². The molecule has 0 aliphatic rings. The molecule has 0 radical (unpaired) electrons. The molecule has 0 saturated carbocycles. The lowest BCUT2D eigenvalue weighted by Gasteiger charge is -2.05. The molecule has 3 heterocycles. The lowest BCUT2D eigenvalue weighted by atomic mass is 10.2. The normalized spacial score (nSPS) is 11.1. The van der Waals surface area contributed by atoms with Gasteiger partial charge >= 0.3 is 0 Å². The number of fused-ring (bicyclic) bond motifs is 1.